The molecule has 0 unspecified atom stereocenters. The maximum absolute atomic E-state index is 10.4. The van der Waals surface area contributed by atoms with Crippen LogP contribution in [0.1, 0.15) is 5.56 Å². The second kappa shape index (κ2) is 13.6. The molecule has 10 aromatic rings. The summed E-state index contributed by atoms with van der Waals surface area (Å²) in [5.41, 5.74) is 14.6. The molecule has 0 atom stereocenters. The van der Waals surface area contributed by atoms with Crippen LogP contribution in [0.25, 0.3) is 111 Å². The van der Waals surface area contributed by atoms with Crippen LogP contribution >= 0.6 is 0 Å². The number of fused-ring (bicyclic) bond motifs is 4. The van der Waals surface area contributed by atoms with Gasteiger partial charge in [0.05, 0.1) is 11.6 Å². The molecule has 58 heavy (non-hydrogen) atoms. The van der Waals surface area contributed by atoms with Gasteiger partial charge in [-0.15, -0.1) is 0 Å². The molecule has 1 heterocycles. The monoisotopic (exact) mass is 736 g/mol. The first-order valence-corrected chi connectivity index (χ1v) is 19.4. The zero-order valence-electron chi connectivity index (χ0n) is 31.3. The Labute approximate surface area is 336 Å². The summed E-state index contributed by atoms with van der Waals surface area (Å²) in [5.74, 6) is 1.77. The third kappa shape index (κ3) is 5.65. The number of aromatic nitrogens is 3. The van der Waals surface area contributed by atoms with Gasteiger partial charge in [0.2, 0.25) is 0 Å². The van der Waals surface area contributed by atoms with Gasteiger partial charge in [-0.1, -0.05) is 158 Å². The number of nitrogens with zero attached hydrogens (tertiary/aromatic N) is 4. The van der Waals surface area contributed by atoms with E-state index in [2.05, 4.69) is 127 Å². The molecule has 0 fully saturated rings. The standard InChI is InChI=1S/C54H32N4/c55-33-42-27-26-38(36-16-8-17-37(28-36)43-30-40-19-11-24-47-45-22-6-7-23-46(45)50(32-43)51(40)47)31-49(42)39-18-9-20-41(29-39)53-56-52(35-13-2-1-3-14-35)57-54(58-53)48-25-10-15-34-12-4-5-21-44(34)48/h1-32H. The quantitative estimate of drug-likeness (QED) is 0.170. The predicted octanol–water partition coefficient (Wildman–Crippen LogP) is 13.7. The first-order chi connectivity index (χ1) is 28.7. The highest BCUT2D eigenvalue weighted by Crippen LogP contribution is 2.48. The summed E-state index contributed by atoms with van der Waals surface area (Å²) in [4.78, 5) is 15.1. The fourth-order valence-electron chi connectivity index (χ4n) is 8.51. The number of nitriles is 1. The molecule has 1 aliphatic carbocycles. The largest absolute Gasteiger partial charge is 0.208 e. The van der Waals surface area contributed by atoms with Gasteiger partial charge in [0.25, 0.3) is 0 Å². The van der Waals surface area contributed by atoms with E-state index in [1.165, 1.54) is 38.6 Å². The van der Waals surface area contributed by atoms with Crippen LogP contribution in [0.4, 0.5) is 0 Å². The van der Waals surface area contributed by atoms with E-state index in [1.54, 1.807) is 0 Å². The first-order valence-electron chi connectivity index (χ1n) is 19.4. The van der Waals surface area contributed by atoms with Gasteiger partial charge < -0.3 is 0 Å². The molecule has 268 valence electrons. The SMILES string of the molecule is N#Cc1ccc(-c2cccc(-c3cc4c5c(cccc5c3)-c3ccccc3-4)c2)cc1-c1cccc(-c2nc(-c3ccccc3)nc(-c3cccc4ccccc34)n2)c1. The normalized spacial score (nSPS) is 11.4. The van der Waals surface area contributed by atoms with Crippen molar-refractivity contribution in [2.45, 2.75) is 0 Å². The molecule has 0 radical (unpaired) electrons. The van der Waals surface area contributed by atoms with Crippen LogP contribution in [-0.4, -0.2) is 15.0 Å². The summed E-state index contributed by atoms with van der Waals surface area (Å²) < 4.78 is 0. The van der Waals surface area contributed by atoms with E-state index in [0.717, 1.165) is 55.3 Å². The Kier molecular flexibility index (Phi) is 7.84. The summed E-state index contributed by atoms with van der Waals surface area (Å²) in [6.07, 6.45) is 0. The van der Waals surface area contributed by atoms with Crippen molar-refractivity contribution in [1.29, 1.82) is 5.26 Å². The molecular weight excluding hydrogens is 705 g/mol. The van der Waals surface area contributed by atoms with Crippen molar-refractivity contribution >= 4 is 21.5 Å². The Morgan fingerprint density at radius 1 is 0.310 bits per heavy atom. The highest BCUT2D eigenvalue weighted by molar-refractivity contribution is 6.16. The molecule has 9 aromatic carbocycles. The molecule has 0 saturated heterocycles. The molecule has 0 spiro atoms. The third-order valence-electron chi connectivity index (χ3n) is 11.3. The summed E-state index contributed by atoms with van der Waals surface area (Å²) in [6.45, 7) is 0. The topological polar surface area (TPSA) is 62.5 Å². The Balaban J connectivity index is 1.000. The lowest BCUT2D eigenvalue weighted by Gasteiger charge is -2.13. The molecule has 0 aliphatic heterocycles. The molecule has 0 N–H and O–H groups in total. The van der Waals surface area contributed by atoms with E-state index < -0.39 is 0 Å². The highest BCUT2D eigenvalue weighted by atomic mass is 15.0. The van der Waals surface area contributed by atoms with Gasteiger partial charge in [0, 0.05) is 22.3 Å². The molecule has 1 aromatic heterocycles. The zero-order chi connectivity index (χ0) is 38.6. The number of hydrogen-bond donors (Lipinski definition) is 0. The van der Waals surface area contributed by atoms with Crippen molar-refractivity contribution in [3.8, 4) is 95.9 Å². The number of rotatable bonds is 6. The lowest BCUT2D eigenvalue weighted by Crippen LogP contribution is -2.00. The zero-order valence-corrected chi connectivity index (χ0v) is 31.3. The summed E-state index contributed by atoms with van der Waals surface area (Å²) in [7, 11) is 0. The van der Waals surface area contributed by atoms with Gasteiger partial charge in [-0.2, -0.15) is 5.26 Å². The summed E-state index contributed by atoms with van der Waals surface area (Å²) in [6, 6.07) is 69.9. The smallest absolute Gasteiger partial charge is 0.164 e. The Morgan fingerprint density at radius 3 is 1.67 bits per heavy atom. The van der Waals surface area contributed by atoms with Crippen molar-refractivity contribution in [1.82, 2.24) is 15.0 Å². The van der Waals surface area contributed by atoms with E-state index in [-0.39, 0.29) is 0 Å². The number of benzene rings is 9. The predicted molar refractivity (Wildman–Crippen MR) is 237 cm³/mol. The van der Waals surface area contributed by atoms with Gasteiger partial charge in [-0.3, -0.25) is 0 Å². The van der Waals surface area contributed by atoms with Crippen molar-refractivity contribution in [2.24, 2.45) is 0 Å². The van der Waals surface area contributed by atoms with Crippen LogP contribution in [-0.2, 0) is 0 Å². The molecule has 0 amide bonds. The van der Waals surface area contributed by atoms with E-state index >= 15 is 0 Å². The highest BCUT2D eigenvalue weighted by Gasteiger charge is 2.22. The van der Waals surface area contributed by atoms with Crippen molar-refractivity contribution in [2.75, 3.05) is 0 Å². The molecule has 1 aliphatic rings. The average Bonchev–Trinajstić information content (AvgIpc) is 3.63. The van der Waals surface area contributed by atoms with Crippen LogP contribution in [0.5, 0.6) is 0 Å². The minimum atomic E-state index is 0.564. The van der Waals surface area contributed by atoms with Gasteiger partial charge >= 0.3 is 0 Å². The minimum absolute atomic E-state index is 0.564. The second-order valence-corrected chi connectivity index (χ2v) is 14.7. The fourth-order valence-corrected chi connectivity index (χ4v) is 8.51. The van der Waals surface area contributed by atoms with Gasteiger partial charge in [0.1, 0.15) is 0 Å². The average molecular weight is 737 g/mol. The van der Waals surface area contributed by atoms with Gasteiger partial charge in [0.15, 0.2) is 17.5 Å². The van der Waals surface area contributed by atoms with Crippen LogP contribution in [0, 0.1) is 11.3 Å². The van der Waals surface area contributed by atoms with Crippen LogP contribution in [0.2, 0.25) is 0 Å². The lowest BCUT2D eigenvalue weighted by atomic mass is 9.92. The summed E-state index contributed by atoms with van der Waals surface area (Å²) in [5, 5.41) is 15.1. The molecule has 11 rings (SSSR count). The van der Waals surface area contributed by atoms with Crippen molar-refractivity contribution in [3.05, 3.63) is 200 Å². The molecule has 4 nitrogen and oxygen atoms in total. The number of hydrogen-bond acceptors (Lipinski definition) is 4. The maximum atomic E-state index is 10.4. The van der Waals surface area contributed by atoms with Crippen molar-refractivity contribution < 1.29 is 0 Å². The van der Waals surface area contributed by atoms with E-state index in [1.807, 2.05) is 72.8 Å². The van der Waals surface area contributed by atoms with Crippen LogP contribution in [0.15, 0.2) is 194 Å². The lowest BCUT2D eigenvalue weighted by molar-refractivity contribution is 1.08. The van der Waals surface area contributed by atoms with E-state index in [0.29, 0.717) is 23.0 Å². The van der Waals surface area contributed by atoms with E-state index in [9.17, 15) is 5.26 Å². The molecular formula is C54H32N4. The Hall–Kier alpha value is -8.00. The first kappa shape index (κ1) is 33.3. The van der Waals surface area contributed by atoms with Crippen LogP contribution < -0.4 is 0 Å². The fraction of sp³-hybridized carbons (Fsp3) is 0. The van der Waals surface area contributed by atoms with Crippen LogP contribution in [0.3, 0.4) is 0 Å². The van der Waals surface area contributed by atoms with E-state index in [4.69, 9.17) is 15.0 Å². The summed E-state index contributed by atoms with van der Waals surface area (Å²) >= 11 is 0. The Bertz CT molecular complexity index is 3300. The molecule has 0 bridgehead atoms. The van der Waals surface area contributed by atoms with Crippen molar-refractivity contribution in [3.63, 3.8) is 0 Å². The van der Waals surface area contributed by atoms with Gasteiger partial charge in [-0.25, -0.2) is 15.0 Å². The molecule has 0 saturated carbocycles. The Morgan fingerprint density at radius 2 is 0.845 bits per heavy atom. The molecule has 4 heteroatoms. The second-order valence-electron chi connectivity index (χ2n) is 14.7. The van der Waals surface area contributed by atoms with Gasteiger partial charge in [-0.05, 0) is 108 Å². The minimum Gasteiger partial charge on any atom is -0.208 e. The third-order valence-corrected chi connectivity index (χ3v) is 11.3. The maximum Gasteiger partial charge on any atom is 0.164 e.